The van der Waals surface area contributed by atoms with E-state index in [2.05, 4.69) is 5.16 Å². The lowest BCUT2D eigenvalue weighted by Crippen LogP contribution is -2.64. The van der Waals surface area contributed by atoms with Crippen LogP contribution in [0.4, 0.5) is 4.79 Å². The Morgan fingerprint density at radius 2 is 1.83 bits per heavy atom. The van der Waals surface area contributed by atoms with Crippen LogP contribution in [-0.4, -0.2) is 54.1 Å². The largest absolute Gasteiger partial charge is 0.514 e. The molecule has 0 amide bonds. The van der Waals surface area contributed by atoms with Gasteiger partial charge in [-0.05, 0) is 80.4 Å². The van der Waals surface area contributed by atoms with Gasteiger partial charge >= 0.3 is 6.16 Å². The predicted molar refractivity (Wildman–Crippen MR) is 176 cm³/mol. The van der Waals surface area contributed by atoms with Crippen LogP contribution in [0.1, 0.15) is 119 Å². The molecular weight excluding hydrogens is 620 g/mol. The van der Waals surface area contributed by atoms with Crippen LogP contribution in [0.2, 0.25) is 18.1 Å². The second-order valence-electron chi connectivity index (χ2n) is 15.5. The highest BCUT2D eigenvalue weighted by atomic mass is 28.4. The number of unbranched alkanes of at least 4 members (excludes halogenated alkanes) is 1. The number of aliphatic hydroxyl groups is 1. The zero-order valence-corrected chi connectivity index (χ0v) is 30.1. The van der Waals surface area contributed by atoms with Crippen LogP contribution in [-0.2, 0) is 9.16 Å². The van der Waals surface area contributed by atoms with Crippen LogP contribution in [0.15, 0.2) is 34.1 Å². The van der Waals surface area contributed by atoms with Gasteiger partial charge in [-0.25, -0.2) is 4.79 Å². The average molecular weight is 669 g/mol. The van der Waals surface area contributed by atoms with Gasteiger partial charge in [0.15, 0.2) is 25.5 Å². The Kier molecular flexibility index (Phi) is 8.81. The Hall–Kier alpha value is -3.48. The van der Waals surface area contributed by atoms with E-state index < -0.39 is 60.9 Å². The molecule has 11 nitrogen and oxygen atoms in total. The van der Waals surface area contributed by atoms with E-state index >= 15 is 0 Å². The molecule has 1 heterocycles. The summed E-state index contributed by atoms with van der Waals surface area (Å²) >= 11 is 0. The van der Waals surface area contributed by atoms with E-state index in [0.717, 1.165) is 12.8 Å². The summed E-state index contributed by atoms with van der Waals surface area (Å²) in [5, 5.41) is 16.2. The van der Waals surface area contributed by atoms with Crippen LogP contribution >= 0.6 is 0 Å². The fourth-order valence-corrected chi connectivity index (χ4v) is 8.16. The molecular formula is C35H48N2O9Si. The molecule has 256 valence electrons. The summed E-state index contributed by atoms with van der Waals surface area (Å²) in [6.45, 7) is 19.5. The number of ketones is 2. The Bertz CT molecular complexity index is 1630. The van der Waals surface area contributed by atoms with Crippen molar-refractivity contribution in [2.24, 2.45) is 17.6 Å². The molecule has 3 aliphatic rings. The maximum Gasteiger partial charge on any atom is 0.514 e. The Morgan fingerprint density at radius 1 is 1.15 bits per heavy atom. The number of aliphatic hydroxyl groups excluding tert-OH is 1. The molecule has 0 unspecified atom stereocenters. The number of hydrogen-bond donors (Lipinski definition) is 2. The lowest BCUT2D eigenvalue weighted by Gasteiger charge is -2.54. The third kappa shape index (κ3) is 5.71. The molecule has 12 heteroatoms. The minimum Gasteiger partial charge on any atom is -0.508 e. The first-order chi connectivity index (χ1) is 21.8. The third-order valence-corrected chi connectivity index (χ3v) is 14.6. The summed E-state index contributed by atoms with van der Waals surface area (Å²) in [7, 11) is -2.85. The first kappa shape index (κ1) is 34.8. The number of aromatic nitrogens is 1. The maximum absolute atomic E-state index is 15.0. The van der Waals surface area contributed by atoms with Gasteiger partial charge in [0, 0.05) is 11.5 Å². The second kappa shape index (κ2) is 11.9. The van der Waals surface area contributed by atoms with Gasteiger partial charge in [0.2, 0.25) is 5.78 Å². The highest BCUT2D eigenvalue weighted by molar-refractivity contribution is 6.74. The predicted octanol–water partition coefficient (Wildman–Crippen LogP) is 7.57. The van der Waals surface area contributed by atoms with E-state index in [-0.39, 0.29) is 51.5 Å². The molecule has 5 atom stereocenters. The van der Waals surface area contributed by atoms with Crippen molar-refractivity contribution in [2.75, 3.05) is 6.61 Å². The summed E-state index contributed by atoms with van der Waals surface area (Å²) in [4.78, 5) is 42.3. The minimum atomic E-state index is -2.85. The van der Waals surface area contributed by atoms with Crippen molar-refractivity contribution in [2.45, 2.75) is 116 Å². The number of fused-ring (bicyclic) bond motifs is 4. The van der Waals surface area contributed by atoms with Crippen LogP contribution in [0.5, 0.6) is 11.6 Å². The average Bonchev–Trinajstić information content (AvgIpc) is 3.38. The van der Waals surface area contributed by atoms with Gasteiger partial charge < -0.3 is 34.0 Å². The number of ether oxygens (including phenoxy) is 3. The minimum absolute atomic E-state index is 0.00721. The summed E-state index contributed by atoms with van der Waals surface area (Å²) < 4.78 is 29.5. The monoisotopic (exact) mass is 668 g/mol. The van der Waals surface area contributed by atoms with E-state index in [1.54, 1.807) is 26.8 Å². The van der Waals surface area contributed by atoms with E-state index in [9.17, 15) is 19.5 Å². The standard InChI is InChI=1S/C35H48N2O9Si/c1-11-12-16-42-31-25-28(45-37-31)26(36)21-17-20-18(2)19-14-13-15-22(43-32(41)44-33(3,4)5)23(19)27(38)24(20)29(39)35(21,30(25)40)46-47(9,10)34(6,7)8/h13-15,18,20-21,26,39H,11-12,16-17,36H2,1-10H3/t18-,20+,21-,26-,35-/m0/s1. The normalized spacial score (nSPS) is 25.9. The Balaban J connectivity index is 1.72. The summed E-state index contributed by atoms with van der Waals surface area (Å²) in [5.74, 6) is -3.04. The van der Waals surface area contributed by atoms with Crippen molar-refractivity contribution in [3.05, 3.63) is 52.0 Å². The lowest BCUT2D eigenvalue weighted by atomic mass is 9.57. The number of carbonyl (C=O) groups excluding carboxylic acids is 3. The molecule has 1 aromatic carbocycles. The number of hydrogen-bond acceptors (Lipinski definition) is 11. The van der Waals surface area contributed by atoms with Crippen LogP contribution in [0, 0.1) is 11.8 Å². The maximum atomic E-state index is 15.0. The molecule has 0 saturated carbocycles. The van der Waals surface area contributed by atoms with Crippen molar-refractivity contribution in [1.82, 2.24) is 5.16 Å². The molecule has 3 N–H and O–H groups in total. The Morgan fingerprint density at radius 3 is 2.45 bits per heavy atom. The summed E-state index contributed by atoms with van der Waals surface area (Å²) in [6.07, 6.45) is 0.879. The molecule has 0 bridgehead atoms. The highest BCUT2D eigenvalue weighted by Gasteiger charge is 2.67. The third-order valence-electron chi connectivity index (χ3n) is 10.2. The topological polar surface area (TPSA) is 160 Å². The van der Waals surface area contributed by atoms with E-state index in [1.807, 2.05) is 53.8 Å². The Labute approximate surface area is 277 Å². The van der Waals surface area contributed by atoms with Crippen molar-refractivity contribution >= 4 is 26.0 Å². The van der Waals surface area contributed by atoms with Crippen molar-refractivity contribution < 1.29 is 42.6 Å². The quantitative estimate of drug-likeness (QED) is 0.130. The molecule has 5 rings (SSSR count). The molecule has 3 aliphatic carbocycles. The van der Waals surface area contributed by atoms with Gasteiger partial charge in [-0.2, -0.15) is 0 Å². The number of rotatable bonds is 7. The number of benzene rings is 1. The molecule has 0 aliphatic heterocycles. The molecule has 1 aromatic heterocycles. The number of Topliss-reactive ketones (excluding diaryl/α,β-unsaturated/α-hetero) is 2. The molecule has 0 fully saturated rings. The van der Waals surface area contributed by atoms with E-state index in [0.29, 0.717) is 12.2 Å². The number of nitrogens with zero attached hydrogens (tertiary/aromatic N) is 1. The van der Waals surface area contributed by atoms with Gasteiger partial charge in [0.25, 0.3) is 5.88 Å². The number of carbonyl (C=O) groups is 3. The molecule has 0 spiro atoms. The van der Waals surface area contributed by atoms with Gasteiger partial charge in [0.1, 0.15) is 22.7 Å². The molecule has 47 heavy (non-hydrogen) atoms. The van der Waals surface area contributed by atoms with Crippen LogP contribution in [0.3, 0.4) is 0 Å². The zero-order chi connectivity index (χ0) is 34.9. The van der Waals surface area contributed by atoms with Gasteiger partial charge in [-0.15, -0.1) is 0 Å². The van der Waals surface area contributed by atoms with Crippen molar-refractivity contribution in [3.8, 4) is 11.6 Å². The molecule has 0 saturated heterocycles. The van der Waals surface area contributed by atoms with Gasteiger partial charge in [-0.3, -0.25) is 9.59 Å². The highest BCUT2D eigenvalue weighted by Crippen LogP contribution is 2.60. The second-order valence-corrected chi connectivity index (χ2v) is 20.2. The number of nitrogens with two attached hydrogens (primary N) is 1. The first-order valence-corrected chi connectivity index (χ1v) is 19.3. The van der Waals surface area contributed by atoms with Crippen LogP contribution in [0.25, 0.3) is 0 Å². The lowest BCUT2D eigenvalue weighted by molar-refractivity contribution is -0.0287. The fraction of sp³-hybridized carbons (Fsp3) is 0.600. The van der Waals surface area contributed by atoms with Crippen LogP contribution < -0.4 is 15.2 Å². The summed E-state index contributed by atoms with van der Waals surface area (Å²) in [6, 6.07) is 4.14. The van der Waals surface area contributed by atoms with E-state index in [1.165, 1.54) is 6.07 Å². The zero-order valence-electron chi connectivity index (χ0n) is 29.1. The summed E-state index contributed by atoms with van der Waals surface area (Å²) in [5.41, 5.74) is 4.98. The van der Waals surface area contributed by atoms with Crippen molar-refractivity contribution in [3.63, 3.8) is 0 Å². The smallest absolute Gasteiger partial charge is 0.508 e. The SMILES string of the molecule is CCCCOc1noc2c1C(=O)[C@@]1(O[Si](C)(C)C(C)(C)C)C(O)=C3C(=O)c4c(OC(=O)OC(C)(C)C)cccc4[C@H](C)[C@H]3C[C@H]1[C@@H]2N. The van der Waals surface area contributed by atoms with Gasteiger partial charge in [0.05, 0.1) is 18.2 Å². The van der Waals surface area contributed by atoms with Crippen molar-refractivity contribution in [1.29, 1.82) is 0 Å². The van der Waals surface area contributed by atoms with Gasteiger partial charge in [-0.1, -0.05) is 53.2 Å². The number of allylic oxidation sites excluding steroid dienone is 1. The fourth-order valence-electron chi connectivity index (χ4n) is 6.71. The molecule has 0 radical (unpaired) electrons. The molecule has 2 aromatic rings. The first-order valence-electron chi connectivity index (χ1n) is 16.4. The van der Waals surface area contributed by atoms with E-state index in [4.69, 9.17) is 28.9 Å².